The number of carbonyl (C=O) groups excluding carboxylic acids is 1. The molecule has 0 amide bonds. The van der Waals surface area contributed by atoms with Crippen LogP contribution in [0.4, 0.5) is 0 Å². The van der Waals surface area contributed by atoms with Gasteiger partial charge in [0.25, 0.3) is 0 Å². The first-order valence-corrected chi connectivity index (χ1v) is 14.1. The Morgan fingerprint density at radius 1 is 0.889 bits per heavy atom. The van der Waals surface area contributed by atoms with Gasteiger partial charge in [0.1, 0.15) is 6.29 Å². The van der Waals surface area contributed by atoms with Crippen molar-refractivity contribution in [3.63, 3.8) is 0 Å². The fourth-order valence-corrected chi connectivity index (χ4v) is 10.8. The van der Waals surface area contributed by atoms with Gasteiger partial charge in [0.2, 0.25) is 0 Å². The van der Waals surface area contributed by atoms with Crippen molar-refractivity contribution < 1.29 is 30.3 Å². The number of aliphatic hydroxyl groups excluding tert-OH is 5. The van der Waals surface area contributed by atoms with E-state index in [9.17, 15) is 30.3 Å². The minimum Gasteiger partial charge on any atom is -0.396 e. The fourth-order valence-electron chi connectivity index (χ4n) is 10.8. The van der Waals surface area contributed by atoms with Crippen LogP contribution in [0.25, 0.3) is 0 Å². The van der Waals surface area contributed by atoms with Crippen molar-refractivity contribution >= 4 is 6.29 Å². The number of rotatable bonds is 2. The summed E-state index contributed by atoms with van der Waals surface area (Å²) in [5.41, 5.74) is -1.81. The maximum absolute atomic E-state index is 12.3. The number of allylic oxidation sites excluding steroid dienone is 2. The molecule has 6 nitrogen and oxygen atoms in total. The van der Waals surface area contributed by atoms with E-state index < -0.39 is 40.7 Å². The molecule has 6 heteroatoms. The SMILES string of the molecule is CC1(C)C[C@H]2C3=CC[C@@H]4[C@@]5(C)CC[C@H](O)[C@](C)(C=O)[C@H]5CC[C@@]4(C)[C@]3(C)C[C@@H](O)[C@@]2(CO)[C@@H](O)[C@@H]1O. The van der Waals surface area contributed by atoms with Crippen LogP contribution in [-0.4, -0.2) is 62.8 Å². The Morgan fingerprint density at radius 2 is 1.56 bits per heavy atom. The molecular formula is C30H48O6. The number of fused-ring (bicyclic) bond motifs is 7. The quantitative estimate of drug-likeness (QED) is 0.291. The number of aldehydes is 1. The average Bonchev–Trinajstić information content (AvgIpc) is 2.81. The number of hydrogen-bond donors (Lipinski definition) is 5. The topological polar surface area (TPSA) is 118 Å². The molecule has 36 heavy (non-hydrogen) atoms. The molecule has 0 heterocycles. The Kier molecular flexibility index (Phi) is 5.86. The monoisotopic (exact) mass is 504 g/mol. The lowest BCUT2D eigenvalue weighted by Gasteiger charge is -2.72. The predicted molar refractivity (Wildman–Crippen MR) is 137 cm³/mol. The molecule has 5 rings (SSSR count). The van der Waals surface area contributed by atoms with Gasteiger partial charge in [-0.05, 0) is 84.4 Å². The van der Waals surface area contributed by atoms with Crippen LogP contribution in [0, 0.1) is 50.2 Å². The first-order valence-electron chi connectivity index (χ1n) is 14.1. The molecule has 0 aromatic heterocycles. The van der Waals surface area contributed by atoms with Gasteiger partial charge in [0.05, 0.1) is 41.9 Å². The predicted octanol–water partition coefficient (Wildman–Crippen LogP) is 3.23. The van der Waals surface area contributed by atoms with Crippen LogP contribution in [0.3, 0.4) is 0 Å². The van der Waals surface area contributed by atoms with Crippen molar-refractivity contribution in [1.82, 2.24) is 0 Å². The highest BCUT2D eigenvalue weighted by molar-refractivity contribution is 5.61. The van der Waals surface area contributed by atoms with E-state index in [1.807, 2.05) is 20.8 Å². The van der Waals surface area contributed by atoms with E-state index >= 15 is 0 Å². The molecule has 5 aliphatic rings. The Morgan fingerprint density at radius 3 is 2.17 bits per heavy atom. The van der Waals surface area contributed by atoms with Crippen LogP contribution >= 0.6 is 0 Å². The first kappa shape index (κ1) is 26.8. The van der Waals surface area contributed by atoms with Gasteiger partial charge >= 0.3 is 0 Å². The second-order valence-electron chi connectivity index (χ2n) is 15.0. The lowest BCUT2D eigenvalue weighted by atomic mass is 9.33. The molecule has 0 aromatic carbocycles. The van der Waals surface area contributed by atoms with Crippen molar-refractivity contribution in [3.8, 4) is 0 Å². The van der Waals surface area contributed by atoms with Gasteiger partial charge in [-0.2, -0.15) is 0 Å². The summed E-state index contributed by atoms with van der Waals surface area (Å²) in [5, 5.41) is 55.6. The molecule has 204 valence electrons. The minimum absolute atomic E-state index is 0.106. The normalized spacial score (nSPS) is 58.0. The average molecular weight is 505 g/mol. The van der Waals surface area contributed by atoms with E-state index in [1.54, 1.807) is 0 Å². The Bertz CT molecular complexity index is 961. The van der Waals surface area contributed by atoms with Crippen LogP contribution < -0.4 is 0 Å². The zero-order chi connectivity index (χ0) is 26.7. The summed E-state index contributed by atoms with van der Waals surface area (Å²) in [7, 11) is 0. The summed E-state index contributed by atoms with van der Waals surface area (Å²) < 4.78 is 0. The molecule has 0 bridgehead atoms. The van der Waals surface area contributed by atoms with E-state index in [2.05, 4.69) is 26.8 Å². The zero-order valence-electron chi connectivity index (χ0n) is 23.0. The maximum Gasteiger partial charge on any atom is 0.128 e. The van der Waals surface area contributed by atoms with Crippen molar-refractivity contribution in [1.29, 1.82) is 0 Å². The summed E-state index contributed by atoms with van der Waals surface area (Å²) in [5.74, 6) is 0.185. The Labute approximate surface area is 216 Å². The van der Waals surface area contributed by atoms with E-state index in [0.29, 0.717) is 25.2 Å². The van der Waals surface area contributed by atoms with Crippen LogP contribution in [0.5, 0.6) is 0 Å². The summed E-state index contributed by atoms with van der Waals surface area (Å²) in [6.07, 6.45) is 4.72. The molecule has 4 saturated carbocycles. The highest BCUT2D eigenvalue weighted by Crippen LogP contribution is 2.75. The second kappa shape index (κ2) is 7.88. The van der Waals surface area contributed by atoms with E-state index in [-0.39, 0.29) is 34.7 Å². The van der Waals surface area contributed by atoms with Crippen molar-refractivity contribution in [2.45, 2.75) is 111 Å². The summed E-state index contributed by atoms with van der Waals surface area (Å²) in [6.45, 7) is 12.5. The lowest BCUT2D eigenvalue weighted by molar-refractivity contribution is -0.256. The standard InChI is InChI=1S/C30H48O6/c1-25(2)13-18-17-7-8-20-26(3)11-10-21(33)27(4,15-31)19(26)9-12-28(20,5)29(17,6)14-22(34)30(18,16-32)24(36)23(25)35/h7,15,18-24,32-36H,8-14,16H2,1-6H3/t18-,19-,20+,21-,22+,23-,24-,26-,27+,28+,29+,30-/m0/s1. The van der Waals surface area contributed by atoms with Crippen LogP contribution in [-0.2, 0) is 4.79 Å². The van der Waals surface area contributed by atoms with Gasteiger partial charge in [0.15, 0.2) is 0 Å². The third-order valence-electron chi connectivity index (χ3n) is 13.4. The minimum atomic E-state index is -1.20. The van der Waals surface area contributed by atoms with Crippen LogP contribution in [0.2, 0.25) is 0 Å². The number of carbonyl (C=O) groups is 1. The third-order valence-corrected chi connectivity index (χ3v) is 13.4. The van der Waals surface area contributed by atoms with Gasteiger partial charge in [-0.1, -0.05) is 53.2 Å². The van der Waals surface area contributed by atoms with Gasteiger partial charge in [-0.25, -0.2) is 0 Å². The zero-order valence-corrected chi connectivity index (χ0v) is 23.0. The molecule has 0 spiro atoms. The van der Waals surface area contributed by atoms with Crippen molar-refractivity contribution in [2.75, 3.05) is 6.61 Å². The Hall–Kier alpha value is -0.790. The maximum atomic E-state index is 12.3. The molecule has 0 aliphatic heterocycles. The Balaban J connectivity index is 1.63. The smallest absolute Gasteiger partial charge is 0.128 e. The largest absolute Gasteiger partial charge is 0.396 e. The van der Waals surface area contributed by atoms with Gasteiger partial charge in [0, 0.05) is 0 Å². The molecule has 0 unspecified atom stereocenters. The highest BCUT2D eigenvalue weighted by atomic mass is 16.3. The molecule has 4 fully saturated rings. The lowest BCUT2D eigenvalue weighted by Crippen LogP contribution is -2.71. The summed E-state index contributed by atoms with van der Waals surface area (Å²) in [6, 6.07) is 0. The third kappa shape index (κ3) is 2.89. The van der Waals surface area contributed by atoms with E-state index in [4.69, 9.17) is 0 Å². The first-order chi connectivity index (χ1) is 16.6. The van der Waals surface area contributed by atoms with Crippen molar-refractivity contribution in [3.05, 3.63) is 11.6 Å². The summed E-state index contributed by atoms with van der Waals surface area (Å²) in [4.78, 5) is 12.3. The highest BCUT2D eigenvalue weighted by Gasteiger charge is 2.72. The molecule has 0 radical (unpaired) electrons. The molecular weight excluding hydrogens is 456 g/mol. The van der Waals surface area contributed by atoms with Crippen LogP contribution in [0.15, 0.2) is 11.6 Å². The number of hydrogen-bond acceptors (Lipinski definition) is 6. The molecule has 5 N–H and O–H groups in total. The van der Waals surface area contributed by atoms with Gasteiger partial charge in [-0.3, -0.25) is 0 Å². The molecule has 0 saturated heterocycles. The number of aliphatic hydroxyl groups is 5. The molecule has 5 aliphatic carbocycles. The van der Waals surface area contributed by atoms with Crippen molar-refractivity contribution in [2.24, 2.45) is 50.2 Å². The fraction of sp³-hybridized carbons (Fsp3) is 0.900. The van der Waals surface area contributed by atoms with E-state index in [1.165, 1.54) is 5.57 Å². The second-order valence-corrected chi connectivity index (χ2v) is 15.0. The molecule has 0 aromatic rings. The van der Waals surface area contributed by atoms with E-state index in [0.717, 1.165) is 32.0 Å². The van der Waals surface area contributed by atoms with Gasteiger partial charge in [-0.15, -0.1) is 0 Å². The van der Waals surface area contributed by atoms with Crippen LogP contribution in [0.1, 0.15) is 86.5 Å². The summed E-state index contributed by atoms with van der Waals surface area (Å²) >= 11 is 0. The van der Waals surface area contributed by atoms with Gasteiger partial charge < -0.3 is 30.3 Å². The molecule has 12 atom stereocenters.